The van der Waals surface area contributed by atoms with E-state index in [2.05, 4.69) is 47.8 Å². The molecule has 24 heavy (non-hydrogen) atoms. The zero-order valence-corrected chi connectivity index (χ0v) is 14.7. The van der Waals surface area contributed by atoms with Gasteiger partial charge in [-0.15, -0.1) is 0 Å². The van der Waals surface area contributed by atoms with Crippen LogP contribution in [-0.2, 0) is 11.3 Å². The van der Waals surface area contributed by atoms with Crippen LogP contribution < -0.4 is 5.32 Å². The number of likely N-dealkylation sites (tertiary alicyclic amines) is 1. The van der Waals surface area contributed by atoms with Crippen molar-refractivity contribution in [3.05, 3.63) is 48.0 Å². The first-order chi connectivity index (χ1) is 11.8. The molecule has 0 saturated carbocycles. The molecule has 2 aliphatic rings. The van der Waals surface area contributed by atoms with Crippen molar-refractivity contribution in [2.24, 2.45) is 0 Å². The minimum Gasteiger partial charge on any atom is -0.337 e. The van der Waals surface area contributed by atoms with Crippen molar-refractivity contribution >= 4 is 28.4 Å². The molecule has 1 amide bonds. The fourth-order valence-electron chi connectivity index (χ4n) is 3.87. The third kappa shape index (κ3) is 3.45. The summed E-state index contributed by atoms with van der Waals surface area (Å²) in [6, 6.07) is 15.7. The molecule has 1 unspecified atom stereocenters. The third-order valence-corrected chi connectivity index (χ3v) is 6.20. The minimum atomic E-state index is 0.283. The molecule has 4 rings (SSSR count). The topological polar surface area (TPSA) is 32.3 Å². The lowest BCUT2D eigenvalue weighted by molar-refractivity contribution is -0.128. The Morgan fingerprint density at radius 2 is 1.83 bits per heavy atom. The van der Waals surface area contributed by atoms with Crippen LogP contribution in [0.3, 0.4) is 0 Å². The molecule has 2 aromatic carbocycles. The van der Waals surface area contributed by atoms with Crippen molar-refractivity contribution in [1.29, 1.82) is 0 Å². The predicted octanol–water partition coefficient (Wildman–Crippen LogP) is 3.43. The molecule has 4 heteroatoms. The van der Waals surface area contributed by atoms with Gasteiger partial charge in [0.15, 0.2) is 0 Å². The van der Waals surface area contributed by atoms with Crippen LogP contribution in [0.25, 0.3) is 10.8 Å². The molecular weight excluding hydrogens is 316 g/mol. The average molecular weight is 340 g/mol. The summed E-state index contributed by atoms with van der Waals surface area (Å²) >= 11 is 2.04. The van der Waals surface area contributed by atoms with Crippen molar-refractivity contribution in [2.45, 2.75) is 37.9 Å². The Morgan fingerprint density at radius 1 is 1.04 bits per heavy atom. The van der Waals surface area contributed by atoms with Crippen LogP contribution in [0.15, 0.2) is 42.5 Å². The number of nitrogens with zero attached hydrogens (tertiary/aromatic N) is 1. The number of amides is 1. The first-order valence-corrected chi connectivity index (χ1v) is 10.0. The summed E-state index contributed by atoms with van der Waals surface area (Å²) in [4.78, 5) is 14.5. The number of hydrogen-bond acceptors (Lipinski definition) is 3. The first-order valence-electron chi connectivity index (χ1n) is 8.88. The number of carbonyl (C=O) groups excluding carboxylic acids is 1. The smallest absolute Gasteiger partial charge is 0.224 e. The van der Waals surface area contributed by atoms with E-state index in [-0.39, 0.29) is 5.91 Å². The van der Waals surface area contributed by atoms with Gasteiger partial charge in [0, 0.05) is 31.6 Å². The van der Waals surface area contributed by atoms with Gasteiger partial charge in [-0.3, -0.25) is 4.79 Å². The summed E-state index contributed by atoms with van der Waals surface area (Å²) in [5, 5.41) is 6.23. The van der Waals surface area contributed by atoms with E-state index in [1.165, 1.54) is 40.7 Å². The molecule has 0 aliphatic carbocycles. The molecule has 2 fully saturated rings. The highest BCUT2D eigenvalue weighted by Crippen LogP contribution is 2.24. The second-order valence-electron chi connectivity index (χ2n) is 6.87. The van der Waals surface area contributed by atoms with E-state index in [1.807, 2.05) is 16.7 Å². The zero-order chi connectivity index (χ0) is 16.4. The lowest BCUT2D eigenvalue weighted by atomic mass is 10.0. The average Bonchev–Trinajstić information content (AvgIpc) is 2.95. The quantitative estimate of drug-likeness (QED) is 0.925. The molecule has 1 atom stereocenters. The molecule has 3 nitrogen and oxygen atoms in total. The Bertz CT molecular complexity index is 721. The fraction of sp³-hybridized carbons (Fsp3) is 0.450. The normalized spacial score (nSPS) is 22.4. The second kappa shape index (κ2) is 7.16. The Morgan fingerprint density at radius 3 is 2.71 bits per heavy atom. The van der Waals surface area contributed by atoms with E-state index < -0.39 is 0 Å². The molecule has 0 aromatic heterocycles. The number of nitrogens with one attached hydrogen (secondary N) is 1. The molecule has 126 valence electrons. The third-order valence-electron chi connectivity index (χ3n) is 5.15. The van der Waals surface area contributed by atoms with Crippen molar-refractivity contribution in [2.75, 3.05) is 18.1 Å². The number of rotatable bonds is 4. The first kappa shape index (κ1) is 16.0. The number of benzene rings is 2. The molecule has 2 heterocycles. The van der Waals surface area contributed by atoms with Crippen molar-refractivity contribution in [1.82, 2.24) is 10.2 Å². The van der Waals surface area contributed by atoms with Gasteiger partial charge in [0.1, 0.15) is 0 Å². The highest BCUT2D eigenvalue weighted by Gasteiger charge is 2.31. The van der Waals surface area contributed by atoms with Crippen LogP contribution in [0, 0.1) is 0 Å². The highest BCUT2D eigenvalue weighted by molar-refractivity contribution is 7.99. The Kier molecular flexibility index (Phi) is 4.76. The minimum absolute atomic E-state index is 0.283. The van der Waals surface area contributed by atoms with Gasteiger partial charge >= 0.3 is 0 Å². The standard InChI is InChI=1S/C20H24N2OS/c23-20-12-18(21-17-8-10-24-11-9-17)14-22(20)13-16-6-3-5-15-4-1-2-7-19(15)16/h1-7,17-18,21H,8-14H2. The number of fused-ring (bicyclic) bond motifs is 1. The monoisotopic (exact) mass is 340 g/mol. The highest BCUT2D eigenvalue weighted by atomic mass is 32.2. The molecule has 2 aromatic rings. The van der Waals surface area contributed by atoms with E-state index in [0.29, 0.717) is 18.5 Å². The maximum absolute atomic E-state index is 12.4. The van der Waals surface area contributed by atoms with Gasteiger partial charge in [-0.1, -0.05) is 42.5 Å². The lowest BCUT2D eigenvalue weighted by Gasteiger charge is -2.26. The lowest BCUT2D eigenvalue weighted by Crippen LogP contribution is -2.41. The molecule has 1 N–H and O–H groups in total. The van der Waals surface area contributed by atoms with E-state index >= 15 is 0 Å². The summed E-state index contributed by atoms with van der Waals surface area (Å²) < 4.78 is 0. The van der Waals surface area contributed by atoms with Crippen LogP contribution >= 0.6 is 11.8 Å². The van der Waals surface area contributed by atoms with Gasteiger partial charge < -0.3 is 10.2 Å². The van der Waals surface area contributed by atoms with Crippen molar-refractivity contribution in [3.63, 3.8) is 0 Å². The molecule has 0 bridgehead atoms. The Balaban J connectivity index is 1.43. The summed E-state index contributed by atoms with van der Waals surface area (Å²) in [5.41, 5.74) is 1.25. The second-order valence-corrected chi connectivity index (χ2v) is 8.09. The maximum Gasteiger partial charge on any atom is 0.224 e. The Labute approximate surface area is 147 Å². The van der Waals surface area contributed by atoms with Gasteiger partial charge in [0.25, 0.3) is 0 Å². The van der Waals surface area contributed by atoms with Gasteiger partial charge in [-0.2, -0.15) is 11.8 Å². The molecule has 2 saturated heterocycles. The van der Waals surface area contributed by atoms with Gasteiger partial charge in [0.2, 0.25) is 5.91 Å². The summed E-state index contributed by atoms with van der Waals surface area (Å²) in [6.45, 7) is 1.56. The molecule has 0 spiro atoms. The van der Waals surface area contributed by atoms with Crippen LogP contribution in [0.4, 0.5) is 0 Å². The summed E-state index contributed by atoms with van der Waals surface area (Å²) in [7, 11) is 0. The molecule has 2 aliphatic heterocycles. The van der Waals surface area contributed by atoms with E-state index in [9.17, 15) is 4.79 Å². The van der Waals surface area contributed by atoms with E-state index in [0.717, 1.165) is 13.1 Å². The molecule has 0 radical (unpaired) electrons. The predicted molar refractivity (Wildman–Crippen MR) is 101 cm³/mol. The summed E-state index contributed by atoms with van der Waals surface area (Å²) in [6.07, 6.45) is 3.12. The van der Waals surface area contributed by atoms with Gasteiger partial charge in [-0.05, 0) is 40.7 Å². The fourth-order valence-corrected chi connectivity index (χ4v) is 4.98. The van der Waals surface area contributed by atoms with Crippen LogP contribution in [0.5, 0.6) is 0 Å². The SMILES string of the molecule is O=C1CC(NC2CCSCC2)CN1Cc1cccc2ccccc12. The van der Waals surface area contributed by atoms with Crippen LogP contribution in [-0.4, -0.2) is 40.9 Å². The van der Waals surface area contributed by atoms with Crippen LogP contribution in [0.2, 0.25) is 0 Å². The Hall–Kier alpha value is -1.52. The molecular formula is C20H24N2OS. The van der Waals surface area contributed by atoms with E-state index in [1.54, 1.807) is 0 Å². The van der Waals surface area contributed by atoms with E-state index in [4.69, 9.17) is 0 Å². The number of carbonyl (C=O) groups is 1. The van der Waals surface area contributed by atoms with Gasteiger partial charge in [-0.25, -0.2) is 0 Å². The van der Waals surface area contributed by atoms with Gasteiger partial charge in [0.05, 0.1) is 0 Å². The number of thioether (sulfide) groups is 1. The maximum atomic E-state index is 12.4. The van der Waals surface area contributed by atoms with Crippen molar-refractivity contribution < 1.29 is 4.79 Å². The largest absolute Gasteiger partial charge is 0.337 e. The van der Waals surface area contributed by atoms with Crippen molar-refractivity contribution in [3.8, 4) is 0 Å². The number of hydrogen-bond donors (Lipinski definition) is 1. The zero-order valence-electron chi connectivity index (χ0n) is 13.9. The van der Waals surface area contributed by atoms with Crippen LogP contribution in [0.1, 0.15) is 24.8 Å². The summed E-state index contributed by atoms with van der Waals surface area (Å²) in [5.74, 6) is 2.78.